The Bertz CT molecular complexity index is 735. The summed E-state index contributed by atoms with van der Waals surface area (Å²) >= 11 is 0. The summed E-state index contributed by atoms with van der Waals surface area (Å²) in [6.45, 7) is 17.0. The molecule has 0 radical (unpaired) electrons. The molecule has 1 aromatic rings. The molecule has 0 aromatic heterocycles. The van der Waals surface area contributed by atoms with E-state index in [4.69, 9.17) is 0 Å². The van der Waals surface area contributed by atoms with E-state index in [1.807, 2.05) is 12.1 Å². The van der Waals surface area contributed by atoms with Crippen molar-refractivity contribution in [3.8, 4) is 0 Å². The monoisotopic (exact) mass is 381 g/mol. The van der Waals surface area contributed by atoms with Crippen LogP contribution < -0.4 is 0 Å². The average Bonchev–Trinajstić information content (AvgIpc) is 2.81. The molecule has 1 saturated heterocycles. The van der Waals surface area contributed by atoms with E-state index in [1.54, 1.807) is 0 Å². The molecule has 0 aliphatic carbocycles. The van der Waals surface area contributed by atoms with Gasteiger partial charge in [0.05, 0.1) is 11.5 Å². The zero-order valence-corrected chi connectivity index (χ0v) is 18.4. The topological polar surface area (TPSA) is 57.6 Å². The Morgan fingerprint density at radius 3 is 1.88 bits per heavy atom. The smallest absolute Gasteiger partial charge is 0.243 e. The highest BCUT2D eigenvalue weighted by Gasteiger charge is 2.44. The van der Waals surface area contributed by atoms with Gasteiger partial charge in [0, 0.05) is 12.6 Å². The van der Waals surface area contributed by atoms with E-state index in [0.717, 1.165) is 11.1 Å². The summed E-state index contributed by atoms with van der Waals surface area (Å²) in [7, 11) is -3.66. The first-order valence-corrected chi connectivity index (χ1v) is 10.8. The lowest BCUT2D eigenvalue weighted by atomic mass is 9.81. The first-order chi connectivity index (χ1) is 11.6. The number of hydrogen-bond acceptors (Lipinski definition) is 3. The van der Waals surface area contributed by atoms with Gasteiger partial charge >= 0.3 is 0 Å². The minimum atomic E-state index is -3.66. The van der Waals surface area contributed by atoms with Crippen LogP contribution in [-0.2, 0) is 20.9 Å². The summed E-state index contributed by atoms with van der Waals surface area (Å²) in [5.41, 5.74) is 1.61. The van der Waals surface area contributed by atoms with E-state index < -0.39 is 10.0 Å². The number of rotatable bonds is 3. The van der Waals surface area contributed by atoms with Crippen molar-refractivity contribution in [1.82, 2.24) is 4.31 Å². The number of sulfonamides is 1. The van der Waals surface area contributed by atoms with Crippen LogP contribution in [0.25, 0.3) is 0 Å². The maximum atomic E-state index is 13.5. The summed E-state index contributed by atoms with van der Waals surface area (Å²) < 4.78 is 28.4. The molecular formula is C21H35NO3S. The number of benzene rings is 1. The Morgan fingerprint density at radius 2 is 1.50 bits per heavy atom. The lowest BCUT2D eigenvalue weighted by Crippen LogP contribution is -2.38. The molecule has 1 aromatic carbocycles. The zero-order chi connectivity index (χ0) is 20.1. The summed E-state index contributed by atoms with van der Waals surface area (Å²) in [6, 6.07) is 5.39. The van der Waals surface area contributed by atoms with E-state index in [0.29, 0.717) is 17.9 Å². The largest absolute Gasteiger partial charge is 0.395 e. The van der Waals surface area contributed by atoms with Gasteiger partial charge in [0.1, 0.15) is 0 Å². The predicted octanol–water partition coefficient (Wildman–Crippen LogP) is 4.06. The summed E-state index contributed by atoms with van der Waals surface area (Å²) in [5, 5.41) is 9.74. The summed E-state index contributed by atoms with van der Waals surface area (Å²) in [4.78, 5) is 0.339. The predicted molar refractivity (Wildman–Crippen MR) is 107 cm³/mol. The highest BCUT2D eigenvalue weighted by atomic mass is 32.2. The van der Waals surface area contributed by atoms with Crippen molar-refractivity contribution in [2.75, 3.05) is 13.2 Å². The molecule has 0 bridgehead atoms. The lowest BCUT2D eigenvalue weighted by Gasteiger charge is -2.28. The Kier molecular flexibility index (Phi) is 5.44. The van der Waals surface area contributed by atoms with Gasteiger partial charge in [-0.15, -0.1) is 0 Å². The molecule has 4 nitrogen and oxygen atoms in total. The van der Waals surface area contributed by atoms with Crippen LogP contribution >= 0.6 is 0 Å². The van der Waals surface area contributed by atoms with Gasteiger partial charge < -0.3 is 5.11 Å². The van der Waals surface area contributed by atoms with Crippen LogP contribution in [-0.4, -0.2) is 37.0 Å². The Morgan fingerprint density at radius 1 is 1.04 bits per heavy atom. The highest BCUT2D eigenvalue weighted by Crippen LogP contribution is 2.39. The molecule has 148 valence electrons. The van der Waals surface area contributed by atoms with E-state index in [1.165, 1.54) is 4.31 Å². The molecule has 1 atom stereocenters. The quantitative estimate of drug-likeness (QED) is 0.859. The number of nitrogens with zero attached hydrogens (tertiary/aromatic N) is 1. The molecule has 1 aliphatic heterocycles. The minimum absolute atomic E-state index is 0.130. The van der Waals surface area contributed by atoms with Gasteiger partial charge in [0.15, 0.2) is 0 Å². The van der Waals surface area contributed by atoms with Crippen molar-refractivity contribution < 1.29 is 13.5 Å². The van der Waals surface area contributed by atoms with Crippen LogP contribution in [0, 0.1) is 5.41 Å². The number of aliphatic hydroxyl groups is 1. The fraction of sp³-hybridized carbons (Fsp3) is 0.714. The van der Waals surface area contributed by atoms with Crippen LogP contribution in [0.5, 0.6) is 0 Å². The molecular weight excluding hydrogens is 346 g/mol. The van der Waals surface area contributed by atoms with Crippen molar-refractivity contribution in [1.29, 1.82) is 0 Å². The molecule has 0 saturated carbocycles. The fourth-order valence-electron chi connectivity index (χ4n) is 3.54. The number of hydrogen-bond donors (Lipinski definition) is 1. The van der Waals surface area contributed by atoms with Gasteiger partial charge in [0.25, 0.3) is 0 Å². The minimum Gasteiger partial charge on any atom is -0.395 e. The SMILES string of the molecule is CC1(C)C[C@@H](CO)N(S(=O)(=O)c2cc(C(C)(C)C)cc(C(C)(C)C)c2)C1. The molecule has 1 heterocycles. The van der Waals surface area contributed by atoms with Crippen molar-refractivity contribution in [3.05, 3.63) is 29.3 Å². The Balaban J connectivity index is 2.62. The molecule has 5 heteroatoms. The van der Waals surface area contributed by atoms with E-state index in [-0.39, 0.29) is 28.9 Å². The maximum absolute atomic E-state index is 13.5. The molecule has 26 heavy (non-hydrogen) atoms. The maximum Gasteiger partial charge on any atom is 0.243 e. The second-order valence-electron chi connectivity index (χ2n) is 10.5. The van der Waals surface area contributed by atoms with Gasteiger partial charge in [-0.1, -0.05) is 61.5 Å². The second-order valence-corrected chi connectivity index (χ2v) is 12.4. The van der Waals surface area contributed by atoms with Gasteiger partial charge in [-0.2, -0.15) is 4.31 Å². The van der Waals surface area contributed by atoms with Gasteiger partial charge in [0.2, 0.25) is 10.0 Å². The lowest BCUT2D eigenvalue weighted by molar-refractivity contribution is 0.212. The van der Waals surface area contributed by atoms with Gasteiger partial charge in [-0.25, -0.2) is 8.42 Å². The van der Waals surface area contributed by atoms with Crippen LogP contribution in [0.3, 0.4) is 0 Å². The molecule has 0 amide bonds. The van der Waals surface area contributed by atoms with E-state index >= 15 is 0 Å². The standard InChI is InChI=1S/C21H35NO3S/c1-19(2,3)15-9-16(20(4,5)6)11-18(10-15)26(24,25)22-14-21(7,8)12-17(22)13-23/h9-11,17,23H,12-14H2,1-8H3/t17-/m0/s1. The molecule has 1 aliphatic rings. The average molecular weight is 382 g/mol. The van der Waals surface area contributed by atoms with Crippen molar-refractivity contribution in [2.45, 2.75) is 83.6 Å². The molecule has 0 spiro atoms. The fourth-order valence-corrected chi connectivity index (χ4v) is 5.42. The van der Waals surface area contributed by atoms with Crippen LogP contribution in [0.4, 0.5) is 0 Å². The first kappa shape index (κ1) is 21.4. The first-order valence-electron chi connectivity index (χ1n) is 9.37. The number of aliphatic hydroxyl groups excluding tert-OH is 1. The van der Waals surface area contributed by atoms with E-state index in [9.17, 15) is 13.5 Å². The normalized spacial score (nSPS) is 22.0. The summed E-state index contributed by atoms with van der Waals surface area (Å²) in [5.74, 6) is 0. The Labute approximate surface area is 159 Å². The van der Waals surface area contributed by atoms with E-state index in [2.05, 4.69) is 61.5 Å². The molecule has 1 fully saturated rings. The molecule has 0 unspecified atom stereocenters. The van der Waals surface area contributed by atoms with Gasteiger partial charge in [-0.3, -0.25) is 0 Å². The van der Waals surface area contributed by atoms with Gasteiger partial charge in [-0.05, 0) is 45.9 Å². The molecule has 1 N–H and O–H groups in total. The van der Waals surface area contributed by atoms with Crippen molar-refractivity contribution >= 4 is 10.0 Å². The third-order valence-corrected chi connectivity index (χ3v) is 7.11. The Hall–Kier alpha value is -0.910. The summed E-state index contributed by atoms with van der Waals surface area (Å²) in [6.07, 6.45) is 0.674. The van der Waals surface area contributed by atoms with Crippen molar-refractivity contribution in [3.63, 3.8) is 0 Å². The molecule has 2 rings (SSSR count). The zero-order valence-electron chi connectivity index (χ0n) is 17.5. The van der Waals surface area contributed by atoms with Crippen LogP contribution in [0.15, 0.2) is 23.1 Å². The third-order valence-electron chi connectivity index (χ3n) is 5.24. The van der Waals surface area contributed by atoms with Crippen LogP contribution in [0.2, 0.25) is 0 Å². The van der Waals surface area contributed by atoms with Crippen molar-refractivity contribution in [2.24, 2.45) is 5.41 Å². The van der Waals surface area contributed by atoms with Crippen LogP contribution in [0.1, 0.15) is 72.9 Å². The highest BCUT2D eigenvalue weighted by molar-refractivity contribution is 7.89. The third kappa shape index (κ3) is 4.32. The second kappa shape index (κ2) is 6.61.